The van der Waals surface area contributed by atoms with E-state index in [9.17, 15) is 9.18 Å². The highest BCUT2D eigenvalue weighted by molar-refractivity contribution is 5.97. The van der Waals surface area contributed by atoms with Gasteiger partial charge in [0, 0.05) is 5.56 Å². The fraction of sp³-hybridized carbons (Fsp3) is 0.188. The second-order valence-corrected chi connectivity index (χ2v) is 4.40. The lowest BCUT2D eigenvalue weighted by Gasteiger charge is -2.06. The zero-order chi connectivity index (χ0) is 14.4. The van der Waals surface area contributed by atoms with Gasteiger partial charge in [-0.3, -0.25) is 4.79 Å². The van der Waals surface area contributed by atoms with Gasteiger partial charge >= 0.3 is 0 Å². The Labute approximate surface area is 117 Å². The van der Waals surface area contributed by atoms with Crippen LogP contribution >= 0.6 is 0 Å². The number of halogens is 1. The standard InChI is InChI=1S/C16H16FNO2/c17-14-5-3-13(4-6-14)16(19)11-20-15-7-1-12(2-8-15)9-10-18/h1-8H,9-11,18H2. The third-order valence-corrected chi connectivity index (χ3v) is 2.89. The predicted octanol–water partition coefficient (Wildman–Crippen LogP) is 2.59. The highest BCUT2D eigenvalue weighted by Crippen LogP contribution is 2.13. The van der Waals surface area contributed by atoms with E-state index >= 15 is 0 Å². The first-order valence-electron chi connectivity index (χ1n) is 6.39. The zero-order valence-corrected chi connectivity index (χ0v) is 11.0. The Kier molecular flexibility index (Phi) is 4.85. The molecule has 2 aromatic carbocycles. The lowest BCUT2D eigenvalue weighted by Crippen LogP contribution is -2.11. The maximum absolute atomic E-state index is 12.8. The number of rotatable bonds is 6. The minimum atomic E-state index is -0.363. The zero-order valence-electron chi connectivity index (χ0n) is 11.0. The van der Waals surface area contributed by atoms with Gasteiger partial charge in [0.25, 0.3) is 0 Å². The summed E-state index contributed by atoms with van der Waals surface area (Å²) in [5.74, 6) is 0.0789. The smallest absolute Gasteiger partial charge is 0.200 e. The van der Waals surface area contributed by atoms with Gasteiger partial charge in [0.15, 0.2) is 12.4 Å². The number of hydrogen-bond donors (Lipinski definition) is 1. The van der Waals surface area contributed by atoms with Crippen molar-refractivity contribution in [3.63, 3.8) is 0 Å². The first kappa shape index (κ1) is 14.2. The Morgan fingerprint density at radius 3 is 2.30 bits per heavy atom. The molecule has 0 bridgehead atoms. The van der Waals surface area contributed by atoms with Crippen molar-refractivity contribution in [1.29, 1.82) is 0 Å². The van der Waals surface area contributed by atoms with E-state index in [4.69, 9.17) is 10.5 Å². The number of ketones is 1. The van der Waals surface area contributed by atoms with Gasteiger partial charge < -0.3 is 10.5 Å². The van der Waals surface area contributed by atoms with Gasteiger partial charge in [-0.05, 0) is 54.9 Å². The summed E-state index contributed by atoms with van der Waals surface area (Å²) in [6, 6.07) is 12.9. The summed E-state index contributed by atoms with van der Waals surface area (Å²) in [7, 11) is 0. The summed E-state index contributed by atoms with van der Waals surface area (Å²) in [6.45, 7) is 0.533. The second kappa shape index (κ2) is 6.82. The number of ether oxygens (including phenoxy) is 1. The molecule has 0 spiro atoms. The fourth-order valence-corrected chi connectivity index (χ4v) is 1.79. The van der Waals surface area contributed by atoms with Gasteiger partial charge in [-0.1, -0.05) is 12.1 Å². The Balaban J connectivity index is 1.91. The van der Waals surface area contributed by atoms with E-state index in [1.165, 1.54) is 24.3 Å². The molecule has 2 N–H and O–H groups in total. The third-order valence-electron chi connectivity index (χ3n) is 2.89. The van der Waals surface area contributed by atoms with Gasteiger partial charge in [-0.2, -0.15) is 0 Å². The number of benzene rings is 2. The Bertz CT molecular complexity index is 564. The molecule has 3 nitrogen and oxygen atoms in total. The summed E-state index contributed by atoms with van der Waals surface area (Å²) in [6.07, 6.45) is 0.814. The molecule has 2 rings (SSSR count). The van der Waals surface area contributed by atoms with Crippen LogP contribution in [0.15, 0.2) is 48.5 Å². The van der Waals surface area contributed by atoms with Crippen molar-refractivity contribution in [3.8, 4) is 5.75 Å². The average molecular weight is 273 g/mol. The predicted molar refractivity (Wildman–Crippen MR) is 75.4 cm³/mol. The highest BCUT2D eigenvalue weighted by atomic mass is 19.1. The SMILES string of the molecule is NCCc1ccc(OCC(=O)c2ccc(F)cc2)cc1. The number of Topliss-reactive ketones (excluding diaryl/α,β-unsaturated/α-hetero) is 1. The summed E-state index contributed by atoms with van der Waals surface area (Å²) in [5.41, 5.74) is 7.04. The maximum atomic E-state index is 12.8. The van der Waals surface area contributed by atoms with Crippen molar-refractivity contribution < 1.29 is 13.9 Å². The van der Waals surface area contributed by atoms with Gasteiger partial charge in [-0.15, -0.1) is 0 Å². The van der Waals surface area contributed by atoms with Crippen molar-refractivity contribution in [1.82, 2.24) is 0 Å². The van der Waals surface area contributed by atoms with Crippen LogP contribution in [0.4, 0.5) is 4.39 Å². The normalized spacial score (nSPS) is 10.3. The molecule has 0 saturated heterocycles. The largest absolute Gasteiger partial charge is 0.485 e. The van der Waals surface area contributed by atoms with E-state index in [1.54, 1.807) is 0 Å². The molecule has 4 heteroatoms. The molecule has 0 atom stereocenters. The molecule has 104 valence electrons. The van der Waals surface area contributed by atoms with Crippen molar-refractivity contribution in [2.45, 2.75) is 6.42 Å². The van der Waals surface area contributed by atoms with Crippen molar-refractivity contribution >= 4 is 5.78 Å². The number of hydrogen-bond acceptors (Lipinski definition) is 3. The van der Waals surface area contributed by atoms with Crippen LogP contribution in [-0.4, -0.2) is 18.9 Å². The van der Waals surface area contributed by atoms with Gasteiger partial charge in [-0.25, -0.2) is 4.39 Å². The molecule has 0 radical (unpaired) electrons. The molecule has 0 aromatic heterocycles. The highest BCUT2D eigenvalue weighted by Gasteiger charge is 2.07. The lowest BCUT2D eigenvalue weighted by atomic mass is 10.1. The molecule has 0 aliphatic carbocycles. The summed E-state index contributed by atoms with van der Waals surface area (Å²) in [4.78, 5) is 11.8. The van der Waals surface area contributed by atoms with Gasteiger partial charge in [0.1, 0.15) is 11.6 Å². The van der Waals surface area contributed by atoms with E-state index in [1.807, 2.05) is 24.3 Å². The lowest BCUT2D eigenvalue weighted by molar-refractivity contribution is 0.0921. The summed E-state index contributed by atoms with van der Waals surface area (Å²) >= 11 is 0. The summed E-state index contributed by atoms with van der Waals surface area (Å²) < 4.78 is 18.2. The molecule has 0 aliphatic heterocycles. The monoisotopic (exact) mass is 273 g/mol. The quantitative estimate of drug-likeness (QED) is 0.823. The first-order chi connectivity index (χ1) is 9.69. The van der Waals surface area contributed by atoms with Crippen LogP contribution in [0.25, 0.3) is 0 Å². The topological polar surface area (TPSA) is 52.3 Å². The molecule has 0 amide bonds. The van der Waals surface area contributed by atoms with Crippen molar-refractivity contribution in [3.05, 3.63) is 65.5 Å². The van der Waals surface area contributed by atoms with Gasteiger partial charge in [0.05, 0.1) is 0 Å². The third kappa shape index (κ3) is 3.90. The number of nitrogens with two attached hydrogens (primary N) is 1. The first-order valence-corrected chi connectivity index (χ1v) is 6.39. The molecule has 0 saturated carbocycles. The van der Waals surface area contributed by atoms with Crippen LogP contribution in [0.1, 0.15) is 15.9 Å². The minimum Gasteiger partial charge on any atom is -0.485 e. The Hall–Kier alpha value is -2.20. The second-order valence-electron chi connectivity index (χ2n) is 4.40. The Morgan fingerprint density at radius 2 is 1.70 bits per heavy atom. The van der Waals surface area contributed by atoms with Crippen LogP contribution in [-0.2, 0) is 6.42 Å². The van der Waals surface area contributed by atoms with Crippen LogP contribution in [0, 0.1) is 5.82 Å². The van der Waals surface area contributed by atoms with Crippen LogP contribution in [0.5, 0.6) is 5.75 Å². The average Bonchev–Trinajstić information content (AvgIpc) is 2.47. The van der Waals surface area contributed by atoms with E-state index < -0.39 is 0 Å². The molecule has 0 unspecified atom stereocenters. The van der Waals surface area contributed by atoms with E-state index in [0.717, 1.165) is 12.0 Å². The molecule has 2 aromatic rings. The van der Waals surface area contributed by atoms with E-state index in [0.29, 0.717) is 17.9 Å². The minimum absolute atomic E-state index is 0.0676. The summed E-state index contributed by atoms with van der Waals surface area (Å²) in [5, 5.41) is 0. The Morgan fingerprint density at radius 1 is 1.05 bits per heavy atom. The van der Waals surface area contributed by atoms with Crippen molar-refractivity contribution in [2.24, 2.45) is 5.73 Å². The van der Waals surface area contributed by atoms with E-state index in [-0.39, 0.29) is 18.2 Å². The van der Waals surface area contributed by atoms with Crippen LogP contribution < -0.4 is 10.5 Å². The molecule has 0 heterocycles. The molecule has 0 fully saturated rings. The molecule has 20 heavy (non-hydrogen) atoms. The number of carbonyl (C=O) groups is 1. The molecular formula is C16H16FNO2. The maximum Gasteiger partial charge on any atom is 0.200 e. The van der Waals surface area contributed by atoms with Crippen molar-refractivity contribution in [2.75, 3.05) is 13.2 Å². The van der Waals surface area contributed by atoms with Gasteiger partial charge in [0.2, 0.25) is 0 Å². The van der Waals surface area contributed by atoms with Crippen LogP contribution in [0.2, 0.25) is 0 Å². The van der Waals surface area contributed by atoms with E-state index in [2.05, 4.69) is 0 Å². The number of carbonyl (C=O) groups excluding carboxylic acids is 1. The molecule has 0 aliphatic rings. The fourth-order valence-electron chi connectivity index (χ4n) is 1.79. The molecular weight excluding hydrogens is 257 g/mol. The van der Waals surface area contributed by atoms with Crippen LogP contribution in [0.3, 0.4) is 0 Å².